The normalized spacial score (nSPS) is 19.5. The highest BCUT2D eigenvalue weighted by atomic mass is 79.9. The summed E-state index contributed by atoms with van der Waals surface area (Å²) in [7, 11) is 0. The van der Waals surface area contributed by atoms with E-state index in [-0.39, 0.29) is 12.0 Å². The molecule has 5 heteroatoms. The maximum absolute atomic E-state index is 12.5. The molecule has 1 heterocycles. The molecular formula is C14H18BrNO2S. The Labute approximate surface area is 127 Å². The highest BCUT2D eigenvalue weighted by Gasteiger charge is 2.25. The molecular weight excluding hydrogens is 326 g/mol. The Bertz CT molecular complexity index is 465. The van der Waals surface area contributed by atoms with E-state index < -0.39 is 0 Å². The molecule has 3 nitrogen and oxygen atoms in total. The highest BCUT2D eigenvalue weighted by molar-refractivity contribution is 9.10. The number of nitrogens with zero attached hydrogens (tertiary/aromatic N) is 1. The number of likely N-dealkylation sites (tertiary alicyclic amines) is 1. The Balaban J connectivity index is 2.10. The largest absolute Gasteiger partial charge is 0.377 e. The minimum absolute atomic E-state index is 0.0434. The van der Waals surface area contributed by atoms with Gasteiger partial charge in [0.05, 0.1) is 11.7 Å². The highest BCUT2D eigenvalue weighted by Crippen LogP contribution is 2.23. The first-order chi connectivity index (χ1) is 9.11. The molecule has 1 aromatic rings. The van der Waals surface area contributed by atoms with E-state index in [0.29, 0.717) is 23.6 Å². The molecule has 1 saturated heterocycles. The van der Waals surface area contributed by atoms with Crippen LogP contribution in [-0.2, 0) is 4.74 Å². The number of halogens is 1. The fraction of sp³-hybridized carbons (Fsp3) is 0.500. The van der Waals surface area contributed by atoms with Gasteiger partial charge in [-0.25, -0.2) is 0 Å². The topological polar surface area (TPSA) is 29.5 Å². The van der Waals surface area contributed by atoms with Crippen molar-refractivity contribution in [2.24, 2.45) is 0 Å². The van der Waals surface area contributed by atoms with Gasteiger partial charge in [0.15, 0.2) is 0 Å². The summed E-state index contributed by atoms with van der Waals surface area (Å²) in [5.74, 6) is 0.0434. The van der Waals surface area contributed by atoms with Gasteiger partial charge in [0, 0.05) is 29.1 Å². The third-order valence-corrected chi connectivity index (χ3v) is 4.12. The van der Waals surface area contributed by atoms with E-state index in [1.807, 2.05) is 30.0 Å². The Hall–Kier alpha value is -0.520. The predicted octanol–water partition coefficient (Wildman–Crippen LogP) is 3.38. The van der Waals surface area contributed by atoms with Crippen molar-refractivity contribution < 1.29 is 9.53 Å². The summed E-state index contributed by atoms with van der Waals surface area (Å²) in [5, 5.41) is 0. The quantitative estimate of drug-likeness (QED) is 0.852. The lowest BCUT2D eigenvalue weighted by Crippen LogP contribution is -2.43. The first-order valence-electron chi connectivity index (χ1n) is 6.51. The average Bonchev–Trinajstić information content (AvgIpc) is 2.39. The zero-order valence-electron chi connectivity index (χ0n) is 10.9. The van der Waals surface area contributed by atoms with Gasteiger partial charge in [-0.05, 0) is 38.0 Å². The van der Waals surface area contributed by atoms with Crippen molar-refractivity contribution in [3.05, 3.63) is 28.2 Å². The van der Waals surface area contributed by atoms with E-state index in [2.05, 4.69) is 28.6 Å². The van der Waals surface area contributed by atoms with Crippen LogP contribution in [0.3, 0.4) is 0 Å². The molecule has 2 rings (SSSR count). The lowest BCUT2D eigenvalue weighted by Gasteiger charge is -2.32. The number of ether oxygens (including phenoxy) is 1. The summed E-state index contributed by atoms with van der Waals surface area (Å²) >= 11 is 7.76. The van der Waals surface area contributed by atoms with Crippen LogP contribution in [0.2, 0.25) is 0 Å². The number of benzene rings is 1. The third-order valence-electron chi connectivity index (χ3n) is 3.26. The molecule has 104 valence electrons. The van der Waals surface area contributed by atoms with Crippen LogP contribution in [-0.4, -0.2) is 36.6 Å². The Kier molecular flexibility index (Phi) is 5.30. The van der Waals surface area contributed by atoms with E-state index in [1.165, 1.54) is 0 Å². The number of carbonyl (C=O) groups excluding carboxylic acids is 1. The van der Waals surface area contributed by atoms with Gasteiger partial charge in [0.25, 0.3) is 5.91 Å². The van der Waals surface area contributed by atoms with Crippen LogP contribution in [0.1, 0.15) is 30.1 Å². The molecule has 1 amide bonds. The van der Waals surface area contributed by atoms with Gasteiger partial charge in [0.1, 0.15) is 0 Å². The average molecular weight is 344 g/mol. The number of thiol groups is 1. The van der Waals surface area contributed by atoms with Crippen molar-refractivity contribution in [3.8, 4) is 0 Å². The number of hydrogen-bond acceptors (Lipinski definition) is 3. The minimum Gasteiger partial charge on any atom is -0.377 e. The standard InChI is InChI=1S/C14H18BrNO2S/c1-2-18-11-4-3-7-16(9-11)14(17)12-6-5-10(15)8-13(12)19/h5-6,8,11,19H,2-4,7,9H2,1H3. The van der Waals surface area contributed by atoms with Gasteiger partial charge in [-0.2, -0.15) is 0 Å². The second-order valence-electron chi connectivity index (χ2n) is 4.63. The Morgan fingerprint density at radius 2 is 2.37 bits per heavy atom. The zero-order valence-corrected chi connectivity index (χ0v) is 13.4. The number of piperidine rings is 1. The van der Waals surface area contributed by atoms with Crippen molar-refractivity contribution in [2.45, 2.75) is 30.8 Å². The van der Waals surface area contributed by atoms with Crippen LogP contribution < -0.4 is 0 Å². The van der Waals surface area contributed by atoms with Crippen molar-refractivity contribution in [1.29, 1.82) is 0 Å². The van der Waals surface area contributed by atoms with Crippen molar-refractivity contribution >= 4 is 34.5 Å². The second kappa shape index (κ2) is 6.77. The molecule has 0 aliphatic carbocycles. The van der Waals surface area contributed by atoms with Crippen molar-refractivity contribution in [3.63, 3.8) is 0 Å². The summed E-state index contributed by atoms with van der Waals surface area (Å²) in [6.07, 6.45) is 2.20. The molecule has 19 heavy (non-hydrogen) atoms. The molecule has 1 unspecified atom stereocenters. The van der Waals surface area contributed by atoms with Crippen LogP contribution in [0.25, 0.3) is 0 Å². The molecule has 0 aromatic heterocycles. The van der Waals surface area contributed by atoms with Crippen molar-refractivity contribution in [1.82, 2.24) is 4.90 Å². The van der Waals surface area contributed by atoms with Crippen LogP contribution in [0.4, 0.5) is 0 Å². The van der Waals surface area contributed by atoms with Gasteiger partial charge < -0.3 is 9.64 Å². The molecule has 0 spiro atoms. The molecule has 0 N–H and O–H groups in total. The monoisotopic (exact) mass is 343 g/mol. The van der Waals surface area contributed by atoms with E-state index >= 15 is 0 Å². The maximum atomic E-state index is 12.5. The van der Waals surface area contributed by atoms with E-state index in [9.17, 15) is 4.79 Å². The summed E-state index contributed by atoms with van der Waals surface area (Å²) in [6, 6.07) is 5.54. The predicted molar refractivity (Wildman–Crippen MR) is 81.9 cm³/mol. The maximum Gasteiger partial charge on any atom is 0.255 e. The smallest absolute Gasteiger partial charge is 0.255 e. The van der Waals surface area contributed by atoms with Crippen LogP contribution in [0.5, 0.6) is 0 Å². The van der Waals surface area contributed by atoms with Crippen LogP contribution >= 0.6 is 28.6 Å². The SMILES string of the molecule is CCOC1CCCN(C(=O)c2ccc(Br)cc2S)C1. The van der Waals surface area contributed by atoms with E-state index in [4.69, 9.17) is 4.74 Å². The molecule has 1 aliphatic rings. The summed E-state index contributed by atoms with van der Waals surface area (Å²) in [4.78, 5) is 15.1. The molecule has 1 aromatic carbocycles. The number of carbonyl (C=O) groups is 1. The Morgan fingerprint density at radius 1 is 1.58 bits per heavy atom. The summed E-state index contributed by atoms with van der Waals surface area (Å²) in [6.45, 7) is 4.16. The lowest BCUT2D eigenvalue weighted by atomic mass is 10.1. The van der Waals surface area contributed by atoms with Crippen LogP contribution in [0, 0.1) is 0 Å². The third kappa shape index (κ3) is 3.74. The van der Waals surface area contributed by atoms with Crippen molar-refractivity contribution in [2.75, 3.05) is 19.7 Å². The molecule has 1 aliphatic heterocycles. The molecule has 1 fully saturated rings. The van der Waals surface area contributed by atoms with E-state index in [1.54, 1.807) is 0 Å². The van der Waals surface area contributed by atoms with Gasteiger partial charge in [-0.15, -0.1) is 12.6 Å². The lowest BCUT2D eigenvalue weighted by molar-refractivity contribution is 0.00712. The van der Waals surface area contributed by atoms with Gasteiger partial charge in [0.2, 0.25) is 0 Å². The minimum atomic E-state index is 0.0434. The molecule has 0 radical (unpaired) electrons. The molecule has 1 atom stereocenters. The van der Waals surface area contributed by atoms with Gasteiger partial charge in [-0.1, -0.05) is 15.9 Å². The fourth-order valence-electron chi connectivity index (χ4n) is 2.35. The number of rotatable bonds is 3. The van der Waals surface area contributed by atoms with Gasteiger partial charge in [-0.3, -0.25) is 4.79 Å². The summed E-state index contributed by atoms with van der Waals surface area (Å²) < 4.78 is 6.56. The first kappa shape index (κ1) is 14.9. The number of hydrogen-bond donors (Lipinski definition) is 1. The molecule has 0 bridgehead atoms. The number of amides is 1. The zero-order chi connectivity index (χ0) is 13.8. The fourth-order valence-corrected chi connectivity index (χ4v) is 3.20. The first-order valence-corrected chi connectivity index (χ1v) is 7.75. The van der Waals surface area contributed by atoms with Crippen LogP contribution in [0.15, 0.2) is 27.6 Å². The van der Waals surface area contributed by atoms with Gasteiger partial charge >= 0.3 is 0 Å². The Morgan fingerprint density at radius 3 is 3.05 bits per heavy atom. The summed E-state index contributed by atoms with van der Waals surface area (Å²) in [5.41, 5.74) is 0.656. The van der Waals surface area contributed by atoms with E-state index in [0.717, 1.165) is 23.9 Å². The molecule has 0 saturated carbocycles. The second-order valence-corrected chi connectivity index (χ2v) is 6.03.